The van der Waals surface area contributed by atoms with Crippen LogP contribution in [0.5, 0.6) is 0 Å². The van der Waals surface area contributed by atoms with Gasteiger partial charge >= 0.3 is 0 Å². The van der Waals surface area contributed by atoms with Crippen molar-refractivity contribution in [3.05, 3.63) is 48.1 Å². The van der Waals surface area contributed by atoms with Gasteiger partial charge in [-0.2, -0.15) is 0 Å². The molecule has 0 fully saturated rings. The van der Waals surface area contributed by atoms with Gasteiger partial charge in [0.05, 0.1) is 4.90 Å². The van der Waals surface area contributed by atoms with Gasteiger partial charge in [0.25, 0.3) is 6.43 Å². The van der Waals surface area contributed by atoms with E-state index in [1.165, 1.54) is 29.1 Å². The minimum Gasteiger partial charge on any atom is -0.299 e. The third kappa shape index (κ3) is 3.76. The number of benzene rings is 1. The molecule has 0 amide bonds. The van der Waals surface area contributed by atoms with Crippen molar-refractivity contribution in [2.45, 2.75) is 18.2 Å². The molecule has 0 radical (unpaired) electrons. The SMILES string of the molecule is C/C=C(\C=NC)c1nc(C(F)F)cn1-c1ccc(S(C)(=O)=O)cc1. The number of aliphatic imine (C=N–C) groups is 1. The maximum absolute atomic E-state index is 13.0. The summed E-state index contributed by atoms with van der Waals surface area (Å²) in [7, 11) is -1.75. The lowest BCUT2D eigenvalue weighted by Gasteiger charge is -2.08. The number of aromatic nitrogens is 2. The molecule has 2 aromatic rings. The molecule has 128 valence electrons. The molecule has 0 aliphatic heterocycles. The average Bonchev–Trinajstić information content (AvgIpc) is 2.97. The third-order valence-electron chi connectivity index (χ3n) is 3.33. The van der Waals surface area contributed by atoms with Crippen LogP contribution in [0.2, 0.25) is 0 Å². The Labute approximate surface area is 139 Å². The van der Waals surface area contributed by atoms with E-state index in [9.17, 15) is 17.2 Å². The Bertz CT molecular complexity index is 883. The van der Waals surface area contributed by atoms with E-state index in [0.29, 0.717) is 17.1 Å². The zero-order valence-electron chi connectivity index (χ0n) is 13.4. The van der Waals surface area contributed by atoms with Gasteiger partial charge in [0.2, 0.25) is 0 Å². The average molecular weight is 353 g/mol. The highest BCUT2D eigenvalue weighted by atomic mass is 32.2. The van der Waals surface area contributed by atoms with Crippen molar-refractivity contribution in [1.29, 1.82) is 0 Å². The van der Waals surface area contributed by atoms with E-state index in [4.69, 9.17) is 0 Å². The predicted molar refractivity (Wildman–Crippen MR) is 89.7 cm³/mol. The lowest BCUT2D eigenvalue weighted by Crippen LogP contribution is -2.02. The Balaban J connectivity index is 2.60. The number of nitrogens with zero attached hydrogens (tertiary/aromatic N) is 3. The minimum absolute atomic E-state index is 0.156. The third-order valence-corrected chi connectivity index (χ3v) is 4.46. The minimum atomic E-state index is -3.33. The fraction of sp³-hybridized carbons (Fsp3) is 0.250. The van der Waals surface area contributed by atoms with Crippen LogP contribution < -0.4 is 0 Å². The molecule has 5 nitrogen and oxygen atoms in total. The molecule has 0 aliphatic carbocycles. The summed E-state index contributed by atoms with van der Waals surface area (Å²) >= 11 is 0. The number of halogens is 2. The second-order valence-corrected chi connectivity index (χ2v) is 7.07. The normalized spacial score (nSPS) is 13.2. The zero-order chi connectivity index (χ0) is 17.9. The lowest BCUT2D eigenvalue weighted by atomic mass is 10.2. The summed E-state index contributed by atoms with van der Waals surface area (Å²) in [4.78, 5) is 8.04. The molecule has 0 bridgehead atoms. The van der Waals surface area contributed by atoms with Crippen LogP contribution in [-0.2, 0) is 9.84 Å². The molecule has 0 aliphatic rings. The first-order valence-electron chi connectivity index (χ1n) is 7.04. The largest absolute Gasteiger partial charge is 0.299 e. The summed E-state index contributed by atoms with van der Waals surface area (Å²) in [6.45, 7) is 1.75. The van der Waals surface area contributed by atoms with Crippen molar-refractivity contribution in [2.24, 2.45) is 4.99 Å². The lowest BCUT2D eigenvalue weighted by molar-refractivity contribution is 0.146. The number of allylic oxidation sites excluding steroid dienone is 2. The van der Waals surface area contributed by atoms with Crippen LogP contribution in [0.25, 0.3) is 11.3 Å². The number of sulfone groups is 1. The van der Waals surface area contributed by atoms with Crippen molar-refractivity contribution in [3.63, 3.8) is 0 Å². The topological polar surface area (TPSA) is 64.3 Å². The van der Waals surface area contributed by atoms with E-state index in [2.05, 4.69) is 9.98 Å². The van der Waals surface area contributed by atoms with E-state index < -0.39 is 16.3 Å². The van der Waals surface area contributed by atoms with Crippen LogP contribution in [0.15, 0.2) is 46.4 Å². The smallest absolute Gasteiger partial charge is 0.281 e. The number of hydrogen-bond donors (Lipinski definition) is 0. The van der Waals surface area contributed by atoms with E-state index in [1.807, 2.05) is 0 Å². The van der Waals surface area contributed by atoms with Crippen molar-refractivity contribution in [3.8, 4) is 5.69 Å². The standard InChI is InChI=1S/C16H17F2N3O2S/c1-4-11(9-19-2)16-20-14(15(17)18)10-21(16)12-5-7-13(8-6-12)24(3,22)23/h4-10,15H,1-3H3/b11-4+,19-9?. The van der Waals surface area contributed by atoms with Gasteiger partial charge in [-0.3, -0.25) is 9.56 Å². The fourth-order valence-corrected chi connectivity index (χ4v) is 2.79. The Morgan fingerprint density at radius 3 is 2.38 bits per heavy atom. The number of rotatable bonds is 5. The van der Waals surface area contributed by atoms with Crippen LogP contribution in [-0.4, -0.2) is 37.5 Å². The molecule has 1 heterocycles. The predicted octanol–water partition coefficient (Wildman–Crippen LogP) is 3.32. The summed E-state index contributed by atoms with van der Waals surface area (Å²) in [5.74, 6) is 0.311. The fourth-order valence-electron chi connectivity index (χ4n) is 2.16. The van der Waals surface area contributed by atoms with E-state index in [1.54, 1.807) is 32.2 Å². The summed E-state index contributed by atoms with van der Waals surface area (Å²) < 4.78 is 50.6. The van der Waals surface area contributed by atoms with Crippen LogP contribution in [0.3, 0.4) is 0 Å². The monoisotopic (exact) mass is 353 g/mol. The zero-order valence-corrected chi connectivity index (χ0v) is 14.3. The van der Waals surface area contributed by atoms with E-state index in [-0.39, 0.29) is 10.6 Å². The van der Waals surface area contributed by atoms with Gasteiger partial charge < -0.3 is 0 Å². The van der Waals surface area contributed by atoms with Gasteiger partial charge in [0, 0.05) is 37.0 Å². The first-order valence-corrected chi connectivity index (χ1v) is 8.94. The van der Waals surface area contributed by atoms with E-state index >= 15 is 0 Å². The van der Waals surface area contributed by atoms with Gasteiger partial charge in [-0.05, 0) is 31.2 Å². The number of alkyl halides is 2. The van der Waals surface area contributed by atoms with Crippen molar-refractivity contribution in [1.82, 2.24) is 9.55 Å². The summed E-state index contributed by atoms with van der Waals surface area (Å²) in [5, 5.41) is 0. The highest BCUT2D eigenvalue weighted by Gasteiger charge is 2.18. The van der Waals surface area contributed by atoms with Crippen LogP contribution in [0.1, 0.15) is 24.9 Å². The van der Waals surface area contributed by atoms with Gasteiger partial charge in [-0.15, -0.1) is 0 Å². The number of imidazole rings is 1. The summed E-state index contributed by atoms with van der Waals surface area (Å²) in [6, 6.07) is 5.96. The van der Waals surface area contributed by atoms with Gasteiger partial charge in [0.15, 0.2) is 9.84 Å². The molecule has 1 aromatic carbocycles. The van der Waals surface area contributed by atoms with E-state index in [0.717, 1.165) is 6.26 Å². The molecule has 1 aromatic heterocycles. The van der Waals surface area contributed by atoms with Gasteiger partial charge in [-0.1, -0.05) is 6.08 Å². The van der Waals surface area contributed by atoms with Crippen LogP contribution >= 0.6 is 0 Å². The molecule has 8 heteroatoms. The molecule has 0 saturated heterocycles. The van der Waals surface area contributed by atoms with Crippen molar-refractivity contribution < 1.29 is 17.2 Å². The Hall–Kier alpha value is -2.35. The molecule has 2 rings (SSSR count). The Morgan fingerprint density at radius 1 is 1.29 bits per heavy atom. The molecule has 0 spiro atoms. The highest BCUT2D eigenvalue weighted by molar-refractivity contribution is 7.90. The summed E-state index contributed by atoms with van der Waals surface area (Å²) in [6.07, 6.45) is 2.87. The second kappa shape index (κ2) is 7.04. The van der Waals surface area contributed by atoms with Crippen molar-refractivity contribution >= 4 is 21.6 Å². The molecule has 0 unspecified atom stereocenters. The molecular formula is C16H17F2N3O2S. The first kappa shape index (κ1) is 18.0. The highest BCUT2D eigenvalue weighted by Crippen LogP contribution is 2.25. The van der Waals surface area contributed by atoms with Crippen LogP contribution in [0, 0.1) is 0 Å². The number of hydrogen-bond acceptors (Lipinski definition) is 4. The Morgan fingerprint density at radius 2 is 1.92 bits per heavy atom. The molecule has 24 heavy (non-hydrogen) atoms. The van der Waals surface area contributed by atoms with Gasteiger partial charge in [-0.25, -0.2) is 22.2 Å². The first-order chi connectivity index (χ1) is 11.3. The Kier molecular flexibility index (Phi) is 5.28. The molecular weight excluding hydrogens is 336 g/mol. The molecule has 0 saturated carbocycles. The van der Waals surface area contributed by atoms with Crippen molar-refractivity contribution in [2.75, 3.05) is 13.3 Å². The quantitative estimate of drug-likeness (QED) is 0.775. The second-order valence-electron chi connectivity index (χ2n) is 5.06. The maximum atomic E-state index is 13.0. The molecule has 0 N–H and O–H groups in total. The molecule has 0 atom stereocenters. The maximum Gasteiger partial charge on any atom is 0.281 e. The summed E-state index contributed by atoms with van der Waals surface area (Å²) in [5.41, 5.74) is 0.748. The van der Waals surface area contributed by atoms with Gasteiger partial charge in [0.1, 0.15) is 11.5 Å². The van der Waals surface area contributed by atoms with Crippen LogP contribution in [0.4, 0.5) is 8.78 Å².